The molecule has 0 fully saturated rings. The Bertz CT molecular complexity index is 436. The second kappa shape index (κ2) is 8.48. The van der Waals surface area contributed by atoms with Crippen LogP contribution in [0.5, 0.6) is 5.75 Å². The molecule has 4 nitrogen and oxygen atoms in total. The molecule has 21 heavy (non-hydrogen) atoms. The summed E-state index contributed by atoms with van der Waals surface area (Å²) in [7, 11) is 7.42. The first-order valence-corrected chi connectivity index (χ1v) is 8.57. The zero-order valence-electron chi connectivity index (χ0n) is 13.2. The van der Waals surface area contributed by atoms with Gasteiger partial charge in [-0.1, -0.05) is 0 Å². The fourth-order valence-corrected chi connectivity index (χ4v) is 3.36. The van der Waals surface area contributed by atoms with Gasteiger partial charge >= 0.3 is 0 Å². The van der Waals surface area contributed by atoms with Crippen molar-refractivity contribution in [2.45, 2.75) is 12.8 Å². The zero-order valence-corrected chi connectivity index (χ0v) is 16.3. The predicted molar refractivity (Wildman–Crippen MR) is 94.6 cm³/mol. The van der Waals surface area contributed by atoms with Gasteiger partial charge in [0, 0.05) is 13.0 Å². The number of halogens is 2. The fourth-order valence-electron chi connectivity index (χ4n) is 1.85. The molecule has 120 valence electrons. The molecular weight excluding hydrogens is 400 g/mol. The molecule has 0 radical (unpaired) electrons. The summed E-state index contributed by atoms with van der Waals surface area (Å²) in [5.41, 5.74) is 1.12. The summed E-state index contributed by atoms with van der Waals surface area (Å²) in [5.74, 6) is 0.827. The minimum Gasteiger partial charge on any atom is -0.633 e. The van der Waals surface area contributed by atoms with Gasteiger partial charge in [-0.05, 0) is 70.1 Å². The average Bonchev–Trinajstić information content (AvgIpc) is 2.33. The molecule has 0 atom stereocenters. The SMILES string of the molecule is CN(C)CCCOc1c(Br)cc(CC[N+](C)(C)[O-])cc1Br. The van der Waals surface area contributed by atoms with Gasteiger partial charge in [0.2, 0.25) is 0 Å². The molecule has 0 N–H and O–H groups in total. The van der Waals surface area contributed by atoms with Crippen LogP contribution in [0.2, 0.25) is 0 Å². The maximum absolute atomic E-state index is 11.6. The largest absolute Gasteiger partial charge is 0.633 e. The summed E-state index contributed by atoms with van der Waals surface area (Å²) in [5, 5.41) is 11.6. The van der Waals surface area contributed by atoms with Gasteiger partial charge in [-0.2, -0.15) is 0 Å². The van der Waals surface area contributed by atoms with Crippen LogP contribution in [0, 0.1) is 5.21 Å². The Morgan fingerprint density at radius 1 is 1.19 bits per heavy atom. The molecule has 1 aromatic rings. The van der Waals surface area contributed by atoms with E-state index in [1.807, 2.05) is 12.1 Å². The molecule has 0 bridgehead atoms. The minimum atomic E-state index is -0.280. The highest BCUT2D eigenvalue weighted by Gasteiger charge is 2.11. The predicted octanol–water partition coefficient (Wildman–Crippen LogP) is 3.66. The molecule has 0 saturated heterocycles. The molecule has 0 saturated carbocycles. The summed E-state index contributed by atoms with van der Waals surface area (Å²) in [6, 6.07) is 4.06. The van der Waals surface area contributed by atoms with E-state index in [4.69, 9.17) is 4.74 Å². The second-order valence-electron chi connectivity index (χ2n) is 5.94. The third-order valence-electron chi connectivity index (χ3n) is 2.99. The van der Waals surface area contributed by atoms with E-state index in [1.54, 1.807) is 14.1 Å². The maximum Gasteiger partial charge on any atom is 0.147 e. The quantitative estimate of drug-likeness (QED) is 0.363. The molecule has 0 aliphatic carbocycles. The lowest BCUT2D eigenvalue weighted by Gasteiger charge is -2.33. The third kappa shape index (κ3) is 7.61. The third-order valence-corrected chi connectivity index (χ3v) is 4.17. The monoisotopic (exact) mass is 422 g/mol. The number of hydrogen-bond donors (Lipinski definition) is 0. The molecule has 1 rings (SSSR count). The minimum absolute atomic E-state index is 0.280. The van der Waals surface area contributed by atoms with E-state index in [1.165, 1.54) is 0 Å². The van der Waals surface area contributed by atoms with E-state index in [2.05, 4.69) is 50.9 Å². The molecule has 0 aliphatic heterocycles. The molecule has 0 unspecified atom stereocenters. The van der Waals surface area contributed by atoms with Gasteiger partial charge in [0.05, 0.1) is 36.2 Å². The van der Waals surface area contributed by atoms with Gasteiger partial charge in [-0.25, -0.2) is 0 Å². The molecule has 1 aromatic carbocycles. The number of quaternary nitrogens is 1. The van der Waals surface area contributed by atoms with Crippen LogP contribution in [-0.2, 0) is 6.42 Å². The summed E-state index contributed by atoms with van der Waals surface area (Å²) < 4.78 is 7.40. The number of nitrogens with zero attached hydrogens (tertiary/aromatic N) is 2. The summed E-state index contributed by atoms with van der Waals surface area (Å²) in [6.07, 6.45) is 1.73. The van der Waals surface area contributed by atoms with Crippen LogP contribution in [0.3, 0.4) is 0 Å². The normalized spacial score (nSPS) is 12.0. The summed E-state index contributed by atoms with van der Waals surface area (Å²) >= 11 is 7.10. The summed E-state index contributed by atoms with van der Waals surface area (Å²) in [6.45, 7) is 2.24. The Morgan fingerprint density at radius 3 is 2.24 bits per heavy atom. The first kappa shape index (κ1) is 18.9. The standard InChI is InChI=1S/C15H24Br2N2O2/c1-18(2)7-5-9-21-15-13(16)10-12(11-14(15)17)6-8-19(3,4)20/h10-11H,5-9H2,1-4H3. The molecule has 0 aliphatic rings. The van der Waals surface area contributed by atoms with Crippen molar-refractivity contribution in [2.75, 3.05) is 47.9 Å². The lowest BCUT2D eigenvalue weighted by atomic mass is 10.1. The number of ether oxygens (including phenoxy) is 1. The van der Waals surface area contributed by atoms with E-state index >= 15 is 0 Å². The van der Waals surface area contributed by atoms with Crippen molar-refractivity contribution in [3.8, 4) is 5.75 Å². The van der Waals surface area contributed by atoms with E-state index in [9.17, 15) is 5.21 Å². The first-order chi connectivity index (χ1) is 9.69. The highest BCUT2D eigenvalue weighted by molar-refractivity contribution is 9.11. The van der Waals surface area contributed by atoms with Gasteiger partial charge < -0.3 is 19.5 Å². The first-order valence-electron chi connectivity index (χ1n) is 6.98. The Balaban J connectivity index is 2.63. The van der Waals surface area contributed by atoms with Crippen LogP contribution in [-0.4, -0.2) is 57.4 Å². The van der Waals surface area contributed by atoms with E-state index < -0.39 is 0 Å². The molecule has 0 aromatic heterocycles. The number of benzene rings is 1. The average molecular weight is 424 g/mol. The number of hydroxylamine groups is 3. The number of rotatable bonds is 8. The van der Waals surface area contributed by atoms with E-state index in [0.717, 1.165) is 39.6 Å². The molecule has 0 amide bonds. The molecule has 0 spiro atoms. The second-order valence-corrected chi connectivity index (χ2v) is 7.65. The van der Waals surface area contributed by atoms with Crippen LogP contribution in [0.15, 0.2) is 21.1 Å². The van der Waals surface area contributed by atoms with Crippen molar-refractivity contribution in [1.29, 1.82) is 0 Å². The van der Waals surface area contributed by atoms with Gasteiger partial charge in [0.25, 0.3) is 0 Å². The Morgan fingerprint density at radius 2 is 1.76 bits per heavy atom. The fraction of sp³-hybridized carbons (Fsp3) is 0.600. The van der Waals surface area contributed by atoms with E-state index in [-0.39, 0.29) is 4.65 Å². The van der Waals surface area contributed by atoms with E-state index in [0.29, 0.717) is 13.2 Å². The zero-order chi connectivity index (χ0) is 16.0. The van der Waals surface area contributed by atoms with Gasteiger partial charge in [0.15, 0.2) is 0 Å². The highest BCUT2D eigenvalue weighted by atomic mass is 79.9. The maximum atomic E-state index is 11.6. The van der Waals surface area contributed by atoms with Gasteiger partial charge in [-0.15, -0.1) is 0 Å². The smallest absolute Gasteiger partial charge is 0.147 e. The van der Waals surface area contributed by atoms with Crippen molar-refractivity contribution in [1.82, 2.24) is 4.90 Å². The number of hydrogen-bond acceptors (Lipinski definition) is 3. The van der Waals surface area contributed by atoms with Crippen molar-refractivity contribution in [3.05, 3.63) is 31.8 Å². The van der Waals surface area contributed by atoms with Crippen LogP contribution < -0.4 is 4.74 Å². The molecule has 0 heterocycles. The van der Waals surface area contributed by atoms with Crippen molar-refractivity contribution in [2.24, 2.45) is 0 Å². The van der Waals surface area contributed by atoms with Crippen molar-refractivity contribution in [3.63, 3.8) is 0 Å². The van der Waals surface area contributed by atoms with Crippen molar-refractivity contribution < 1.29 is 9.38 Å². The Labute approximate surface area is 144 Å². The van der Waals surface area contributed by atoms with Crippen LogP contribution in [0.1, 0.15) is 12.0 Å². The van der Waals surface area contributed by atoms with Gasteiger partial charge in [-0.3, -0.25) is 0 Å². The lowest BCUT2D eigenvalue weighted by Crippen LogP contribution is -2.34. The Hall–Kier alpha value is -0.140. The van der Waals surface area contributed by atoms with Crippen LogP contribution >= 0.6 is 31.9 Å². The van der Waals surface area contributed by atoms with Gasteiger partial charge in [0.1, 0.15) is 5.75 Å². The van der Waals surface area contributed by atoms with Crippen LogP contribution in [0.4, 0.5) is 0 Å². The highest BCUT2D eigenvalue weighted by Crippen LogP contribution is 2.35. The topological polar surface area (TPSA) is 35.5 Å². The molecule has 6 heteroatoms. The lowest BCUT2D eigenvalue weighted by molar-refractivity contribution is -0.839. The van der Waals surface area contributed by atoms with Crippen LogP contribution in [0.25, 0.3) is 0 Å². The van der Waals surface area contributed by atoms with Crippen molar-refractivity contribution >= 4 is 31.9 Å². The summed E-state index contributed by atoms with van der Waals surface area (Å²) in [4.78, 5) is 2.14. The Kier molecular flexibility index (Phi) is 7.64. The molecular formula is C15H24Br2N2O2. The number of likely N-dealkylation sites (N-methyl/N-ethyl adjacent to an activating group) is 1.